The van der Waals surface area contributed by atoms with Crippen LogP contribution in [0.25, 0.3) is 0 Å². The molecule has 1 aromatic rings. The predicted octanol–water partition coefficient (Wildman–Crippen LogP) is 0.936. The maximum Gasteiger partial charge on any atom is 0.131 e. The fraction of sp³-hybridized carbons (Fsp3) is 0.600. The Morgan fingerprint density at radius 3 is 2.81 bits per heavy atom. The summed E-state index contributed by atoms with van der Waals surface area (Å²) in [6, 6.07) is 1.92. The van der Waals surface area contributed by atoms with E-state index < -0.39 is 10.8 Å². The van der Waals surface area contributed by atoms with Gasteiger partial charge in [-0.1, -0.05) is 0 Å². The highest BCUT2D eigenvalue weighted by Crippen LogP contribution is 2.10. The Labute approximate surface area is 98.3 Å². The Balaban J connectivity index is 2.55. The summed E-state index contributed by atoms with van der Waals surface area (Å²) >= 11 is 0. The van der Waals surface area contributed by atoms with Crippen LogP contribution >= 0.6 is 0 Å². The second-order valence-electron chi connectivity index (χ2n) is 3.84. The first-order valence-electron chi connectivity index (χ1n) is 5.15. The molecule has 0 bridgehead atoms. The molecule has 0 aliphatic rings. The Morgan fingerprint density at radius 2 is 2.25 bits per heavy atom. The van der Waals surface area contributed by atoms with Crippen molar-refractivity contribution in [2.75, 3.05) is 23.1 Å². The topological polar surface area (TPSA) is 80.9 Å². The molecule has 2 atom stereocenters. The second-order valence-corrected chi connectivity index (χ2v) is 5.39. The summed E-state index contributed by atoms with van der Waals surface area (Å²) in [6.45, 7) is 3.83. The van der Waals surface area contributed by atoms with E-state index in [1.165, 1.54) is 0 Å². The van der Waals surface area contributed by atoms with Crippen molar-refractivity contribution in [2.24, 2.45) is 0 Å². The Bertz CT molecular complexity index is 363. The molecule has 1 heterocycles. The summed E-state index contributed by atoms with van der Waals surface area (Å²) in [7, 11) is -0.750. The largest absolute Gasteiger partial charge is 0.384 e. The zero-order valence-corrected chi connectivity index (χ0v) is 10.7. The minimum atomic E-state index is -0.750. The number of hydrogen-bond acceptors (Lipinski definition) is 5. The highest BCUT2D eigenvalue weighted by Gasteiger charge is 2.05. The first-order valence-corrected chi connectivity index (χ1v) is 6.88. The van der Waals surface area contributed by atoms with E-state index in [-0.39, 0.29) is 6.04 Å². The molecule has 5 nitrogen and oxygen atoms in total. The van der Waals surface area contributed by atoms with E-state index in [1.807, 2.05) is 6.92 Å². The molecule has 0 aromatic carbocycles. The van der Waals surface area contributed by atoms with Gasteiger partial charge in [0.25, 0.3) is 0 Å². The van der Waals surface area contributed by atoms with Crippen molar-refractivity contribution in [3.63, 3.8) is 0 Å². The van der Waals surface area contributed by atoms with Gasteiger partial charge in [0.15, 0.2) is 0 Å². The number of nitrogens with two attached hydrogens (primary N) is 1. The standard InChI is InChI=1S/C10H18N4OS/c1-7(4-5-16(3)15)12-10-6-9(11)13-8(2)14-10/h6-7H,4-5H2,1-3H3,(H3,11,12,13,14). The van der Waals surface area contributed by atoms with Crippen LogP contribution in [0, 0.1) is 6.92 Å². The third-order valence-electron chi connectivity index (χ3n) is 2.09. The van der Waals surface area contributed by atoms with Gasteiger partial charge in [0.2, 0.25) is 0 Å². The van der Waals surface area contributed by atoms with Crippen molar-refractivity contribution in [3.8, 4) is 0 Å². The fourth-order valence-electron chi connectivity index (χ4n) is 1.33. The molecule has 0 radical (unpaired) electrons. The molecule has 0 aliphatic carbocycles. The van der Waals surface area contributed by atoms with Crippen molar-refractivity contribution in [2.45, 2.75) is 26.3 Å². The molecule has 0 saturated heterocycles. The number of aryl methyl sites for hydroxylation is 1. The van der Waals surface area contributed by atoms with Crippen LogP contribution in [0.1, 0.15) is 19.2 Å². The van der Waals surface area contributed by atoms with Crippen molar-refractivity contribution in [1.82, 2.24) is 9.97 Å². The van der Waals surface area contributed by atoms with Crippen LogP contribution in [0.5, 0.6) is 0 Å². The number of nitrogens with zero attached hydrogens (tertiary/aromatic N) is 2. The summed E-state index contributed by atoms with van der Waals surface area (Å²) in [4.78, 5) is 8.22. The van der Waals surface area contributed by atoms with Gasteiger partial charge in [-0.2, -0.15) is 0 Å². The molecule has 3 N–H and O–H groups in total. The summed E-state index contributed by atoms with van der Waals surface area (Å²) < 4.78 is 10.9. The van der Waals surface area contributed by atoms with E-state index in [2.05, 4.69) is 15.3 Å². The quantitative estimate of drug-likeness (QED) is 0.803. The van der Waals surface area contributed by atoms with E-state index in [9.17, 15) is 4.21 Å². The lowest BCUT2D eigenvalue weighted by molar-refractivity contribution is 0.678. The van der Waals surface area contributed by atoms with Crippen LogP contribution in [0.15, 0.2) is 6.07 Å². The molecule has 0 fully saturated rings. The van der Waals surface area contributed by atoms with Gasteiger partial charge in [-0.15, -0.1) is 0 Å². The van der Waals surface area contributed by atoms with Crippen LogP contribution in [0.4, 0.5) is 11.6 Å². The van der Waals surface area contributed by atoms with Gasteiger partial charge in [-0.25, -0.2) is 9.97 Å². The van der Waals surface area contributed by atoms with Crippen LogP contribution in [-0.4, -0.2) is 32.2 Å². The average Bonchev–Trinajstić information content (AvgIpc) is 2.12. The molecule has 6 heteroatoms. The van der Waals surface area contributed by atoms with Gasteiger partial charge in [-0.3, -0.25) is 4.21 Å². The molecule has 0 amide bonds. The molecule has 2 unspecified atom stereocenters. The number of anilines is 2. The summed E-state index contributed by atoms with van der Waals surface area (Å²) in [5.41, 5.74) is 5.62. The minimum absolute atomic E-state index is 0.220. The summed E-state index contributed by atoms with van der Waals surface area (Å²) in [6.07, 6.45) is 2.55. The normalized spacial score (nSPS) is 14.4. The Kier molecular flexibility index (Phi) is 4.67. The van der Waals surface area contributed by atoms with Gasteiger partial charge in [-0.05, 0) is 20.3 Å². The molecular formula is C10H18N4OS. The fourth-order valence-corrected chi connectivity index (χ4v) is 2.02. The number of hydrogen-bond donors (Lipinski definition) is 2. The van der Waals surface area contributed by atoms with E-state index in [1.54, 1.807) is 19.2 Å². The molecule has 0 spiro atoms. The minimum Gasteiger partial charge on any atom is -0.384 e. The molecule has 1 aromatic heterocycles. The van der Waals surface area contributed by atoms with Crippen LogP contribution in [0.3, 0.4) is 0 Å². The number of nitrogens with one attached hydrogen (secondary N) is 1. The van der Waals surface area contributed by atoms with E-state index >= 15 is 0 Å². The van der Waals surface area contributed by atoms with Crippen LogP contribution < -0.4 is 11.1 Å². The lowest BCUT2D eigenvalue weighted by Gasteiger charge is -2.14. The summed E-state index contributed by atoms with van der Waals surface area (Å²) in [5.74, 6) is 2.52. The zero-order valence-electron chi connectivity index (χ0n) is 9.86. The van der Waals surface area contributed by atoms with Crippen molar-refractivity contribution in [3.05, 3.63) is 11.9 Å². The van der Waals surface area contributed by atoms with Gasteiger partial charge in [0.05, 0.1) is 0 Å². The third kappa shape index (κ3) is 4.57. The molecule has 0 aliphatic heterocycles. The maximum atomic E-state index is 10.9. The van der Waals surface area contributed by atoms with Crippen molar-refractivity contribution in [1.29, 1.82) is 0 Å². The Hall–Kier alpha value is -1.17. The monoisotopic (exact) mass is 242 g/mol. The lowest BCUT2D eigenvalue weighted by atomic mass is 10.2. The highest BCUT2D eigenvalue weighted by atomic mass is 32.2. The zero-order chi connectivity index (χ0) is 12.1. The van der Waals surface area contributed by atoms with Crippen molar-refractivity contribution < 1.29 is 4.21 Å². The second kappa shape index (κ2) is 5.79. The number of aromatic nitrogens is 2. The van der Waals surface area contributed by atoms with Crippen LogP contribution in [-0.2, 0) is 10.8 Å². The third-order valence-corrected chi connectivity index (χ3v) is 2.90. The van der Waals surface area contributed by atoms with E-state index in [4.69, 9.17) is 5.73 Å². The van der Waals surface area contributed by atoms with E-state index in [0.717, 1.165) is 12.2 Å². The SMILES string of the molecule is Cc1nc(N)cc(NC(C)CCS(C)=O)n1. The van der Waals surface area contributed by atoms with Gasteiger partial charge in [0.1, 0.15) is 17.5 Å². The smallest absolute Gasteiger partial charge is 0.131 e. The van der Waals surface area contributed by atoms with Crippen LogP contribution in [0.2, 0.25) is 0 Å². The van der Waals surface area contributed by atoms with Crippen molar-refractivity contribution >= 4 is 22.4 Å². The van der Waals surface area contributed by atoms with Gasteiger partial charge >= 0.3 is 0 Å². The van der Waals surface area contributed by atoms with Gasteiger partial charge in [0, 0.05) is 34.9 Å². The van der Waals surface area contributed by atoms with E-state index in [0.29, 0.717) is 17.4 Å². The number of rotatable bonds is 5. The molecule has 16 heavy (non-hydrogen) atoms. The number of nitrogen functional groups attached to an aromatic ring is 1. The van der Waals surface area contributed by atoms with Gasteiger partial charge < -0.3 is 11.1 Å². The average molecular weight is 242 g/mol. The maximum absolute atomic E-state index is 10.9. The first-order chi connectivity index (χ1) is 7.47. The molecular weight excluding hydrogens is 224 g/mol. The predicted molar refractivity (Wildman–Crippen MR) is 67.8 cm³/mol. The first kappa shape index (κ1) is 12.9. The molecule has 90 valence electrons. The Morgan fingerprint density at radius 1 is 1.56 bits per heavy atom. The molecule has 0 saturated carbocycles. The molecule has 1 rings (SSSR count). The summed E-state index contributed by atoms with van der Waals surface area (Å²) in [5, 5.41) is 3.21. The highest BCUT2D eigenvalue weighted by molar-refractivity contribution is 7.84. The lowest BCUT2D eigenvalue weighted by Crippen LogP contribution is -2.19.